The van der Waals surface area contributed by atoms with E-state index in [1.165, 1.54) is 11.0 Å². The number of hydrogen-bond acceptors (Lipinski definition) is 0. The van der Waals surface area contributed by atoms with Crippen molar-refractivity contribution >= 4 is 11.0 Å². The molecular weight excluding hydrogens is 280 g/mol. The van der Waals surface area contributed by atoms with E-state index in [1.807, 2.05) is 0 Å². The van der Waals surface area contributed by atoms with Gasteiger partial charge in [0.2, 0.25) is 6.33 Å². The van der Waals surface area contributed by atoms with Crippen LogP contribution in [0.3, 0.4) is 0 Å². The number of hydrogen-bond donors (Lipinski definition) is 0. The highest BCUT2D eigenvalue weighted by molar-refractivity contribution is 5.71. The van der Waals surface area contributed by atoms with E-state index in [1.54, 1.807) is 0 Å². The fraction of sp³-hybridized carbons (Fsp3) is 0.462. The molecule has 0 spiro atoms. The number of rotatable bonds is 2. The Hall–Kier alpha value is -0.870. The lowest BCUT2D eigenvalue weighted by Gasteiger charge is -2.00. The molecule has 17 heavy (non-hydrogen) atoms. The van der Waals surface area contributed by atoms with Crippen molar-refractivity contribution in [3.63, 3.8) is 0 Å². The zero-order valence-electron chi connectivity index (χ0n) is 10.8. The molecule has 2 aromatic rings. The van der Waals surface area contributed by atoms with Crippen LogP contribution in [0.1, 0.15) is 39.8 Å². The van der Waals surface area contributed by atoms with Crippen LogP contribution in [0.4, 0.5) is 0 Å². The molecule has 1 heterocycles. The molecule has 96 valence electrons. The standard InChI is InChI=1S/C13H19N2.BrH.H2O/c1-10(2)14-9-15(11(3)4)13-8-6-5-7-12(13)14;;/h5-11H,1-4H3;1H;1H2/q+1;;/p-1. The highest BCUT2D eigenvalue weighted by Gasteiger charge is 2.18. The monoisotopic (exact) mass is 300 g/mol. The minimum atomic E-state index is 0. The minimum Gasteiger partial charge on any atom is -1.00 e. The molecule has 0 radical (unpaired) electrons. The fourth-order valence-electron chi connectivity index (χ4n) is 1.98. The average molecular weight is 301 g/mol. The molecule has 0 aliphatic carbocycles. The molecule has 1 aromatic heterocycles. The van der Waals surface area contributed by atoms with Gasteiger partial charge in [0.15, 0.2) is 11.0 Å². The Kier molecular flexibility index (Phi) is 5.85. The third-order valence-electron chi connectivity index (χ3n) is 2.80. The highest BCUT2D eigenvalue weighted by atomic mass is 79.9. The zero-order valence-corrected chi connectivity index (χ0v) is 12.4. The summed E-state index contributed by atoms with van der Waals surface area (Å²) in [5.74, 6) is 0. The quantitative estimate of drug-likeness (QED) is 0.656. The van der Waals surface area contributed by atoms with Crippen LogP contribution in [0.15, 0.2) is 30.6 Å². The molecule has 0 saturated heterocycles. The first-order valence-corrected chi connectivity index (χ1v) is 5.62. The Morgan fingerprint density at radius 2 is 1.65 bits per heavy atom. The molecular formula is C13H21BrN2O. The Labute approximate surface area is 113 Å². The molecule has 2 N–H and O–H groups in total. The van der Waals surface area contributed by atoms with E-state index in [-0.39, 0.29) is 22.5 Å². The van der Waals surface area contributed by atoms with Crippen molar-refractivity contribution in [1.82, 2.24) is 4.57 Å². The Bertz CT molecular complexity index is 435. The van der Waals surface area contributed by atoms with E-state index in [2.05, 4.69) is 67.4 Å². The third-order valence-corrected chi connectivity index (χ3v) is 2.80. The first-order valence-electron chi connectivity index (χ1n) is 5.62. The van der Waals surface area contributed by atoms with Crippen molar-refractivity contribution in [1.29, 1.82) is 0 Å². The van der Waals surface area contributed by atoms with Gasteiger partial charge in [0.05, 0.1) is 12.1 Å². The number of halogens is 1. The van der Waals surface area contributed by atoms with Gasteiger partial charge in [-0.1, -0.05) is 12.1 Å². The number of imidazole rings is 1. The maximum Gasteiger partial charge on any atom is 0.245 e. The number of nitrogens with zero attached hydrogens (tertiary/aromatic N) is 2. The molecule has 0 aliphatic heterocycles. The molecule has 0 saturated carbocycles. The van der Waals surface area contributed by atoms with Crippen LogP contribution in [0.25, 0.3) is 11.0 Å². The van der Waals surface area contributed by atoms with E-state index < -0.39 is 0 Å². The smallest absolute Gasteiger partial charge is 0.245 e. The Balaban J connectivity index is 0.00000128. The van der Waals surface area contributed by atoms with E-state index >= 15 is 0 Å². The summed E-state index contributed by atoms with van der Waals surface area (Å²) in [5.41, 5.74) is 2.64. The summed E-state index contributed by atoms with van der Waals surface area (Å²) in [4.78, 5) is 0. The van der Waals surface area contributed by atoms with Gasteiger partial charge in [-0.05, 0) is 39.8 Å². The number of benzene rings is 1. The van der Waals surface area contributed by atoms with Gasteiger partial charge in [0.1, 0.15) is 0 Å². The van der Waals surface area contributed by atoms with Gasteiger partial charge < -0.3 is 22.5 Å². The van der Waals surface area contributed by atoms with Crippen LogP contribution in [0.5, 0.6) is 0 Å². The molecule has 0 fully saturated rings. The van der Waals surface area contributed by atoms with Gasteiger partial charge in [-0.25, -0.2) is 9.13 Å². The third kappa shape index (κ3) is 2.87. The molecule has 3 nitrogen and oxygen atoms in total. The van der Waals surface area contributed by atoms with Crippen LogP contribution in [0, 0.1) is 0 Å². The predicted octanol–water partition coefficient (Wildman–Crippen LogP) is -0.730. The van der Waals surface area contributed by atoms with Crippen molar-refractivity contribution in [2.24, 2.45) is 0 Å². The number of fused-ring (bicyclic) bond motifs is 1. The van der Waals surface area contributed by atoms with Gasteiger partial charge in [-0.15, -0.1) is 0 Å². The van der Waals surface area contributed by atoms with E-state index in [0.717, 1.165) is 0 Å². The summed E-state index contributed by atoms with van der Waals surface area (Å²) in [5, 5.41) is 0. The Morgan fingerprint density at radius 3 is 2.18 bits per heavy atom. The second kappa shape index (κ2) is 6.17. The van der Waals surface area contributed by atoms with Crippen LogP contribution in [-0.2, 0) is 0 Å². The molecule has 0 unspecified atom stereocenters. The SMILES string of the molecule is CC(C)n1c[n+](C(C)C)c2ccccc21.O.[Br-]. The number of para-hydroxylation sites is 2. The van der Waals surface area contributed by atoms with Crippen molar-refractivity contribution in [2.45, 2.75) is 39.8 Å². The first-order chi connectivity index (χ1) is 7.11. The van der Waals surface area contributed by atoms with Crippen molar-refractivity contribution in [3.05, 3.63) is 30.6 Å². The Morgan fingerprint density at radius 1 is 1.06 bits per heavy atom. The summed E-state index contributed by atoms with van der Waals surface area (Å²) in [7, 11) is 0. The maximum absolute atomic E-state index is 2.33. The van der Waals surface area contributed by atoms with E-state index in [9.17, 15) is 0 Å². The summed E-state index contributed by atoms with van der Waals surface area (Å²) in [6.45, 7) is 8.88. The van der Waals surface area contributed by atoms with Crippen LogP contribution in [-0.4, -0.2) is 10.0 Å². The first kappa shape index (κ1) is 16.1. The minimum absolute atomic E-state index is 0. The lowest BCUT2D eigenvalue weighted by atomic mass is 10.3. The number of aromatic nitrogens is 2. The molecule has 0 amide bonds. The van der Waals surface area contributed by atoms with Crippen molar-refractivity contribution < 1.29 is 27.0 Å². The highest BCUT2D eigenvalue weighted by Crippen LogP contribution is 2.17. The fourth-order valence-corrected chi connectivity index (χ4v) is 1.98. The zero-order chi connectivity index (χ0) is 11.0. The molecule has 4 heteroatoms. The predicted molar refractivity (Wildman–Crippen MR) is 66.5 cm³/mol. The van der Waals surface area contributed by atoms with Gasteiger partial charge in [-0.3, -0.25) is 0 Å². The lowest BCUT2D eigenvalue weighted by molar-refractivity contribution is -0.692. The lowest BCUT2D eigenvalue weighted by Crippen LogP contribution is -3.00. The van der Waals surface area contributed by atoms with Crippen LogP contribution < -0.4 is 21.5 Å². The topological polar surface area (TPSA) is 40.3 Å². The van der Waals surface area contributed by atoms with Gasteiger partial charge in [0, 0.05) is 0 Å². The van der Waals surface area contributed by atoms with Crippen molar-refractivity contribution in [2.75, 3.05) is 0 Å². The second-order valence-corrected chi connectivity index (χ2v) is 4.61. The summed E-state index contributed by atoms with van der Waals surface area (Å²) < 4.78 is 4.66. The molecule has 2 rings (SSSR count). The maximum atomic E-state index is 2.33. The van der Waals surface area contributed by atoms with Gasteiger partial charge in [0.25, 0.3) is 0 Å². The molecule has 1 aromatic carbocycles. The summed E-state index contributed by atoms with van der Waals surface area (Å²) in [6, 6.07) is 9.60. The van der Waals surface area contributed by atoms with E-state index in [0.29, 0.717) is 12.1 Å². The normalized spacial score (nSPS) is 10.5. The molecule has 0 bridgehead atoms. The van der Waals surface area contributed by atoms with E-state index in [4.69, 9.17) is 0 Å². The summed E-state index contributed by atoms with van der Waals surface area (Å²) >= 11 is 0. The average Bonchev–Trinajstić information content (AvgIpc) is 2.56. The largest absolute Gasteiger partial charge is 1.00 e. The van der Waals surface area contributed by atoms with Crippen LogP contribution >= 0.6 is 0 Å². The summed E-state index contributed by atoms with van der Waals surface area (Å²) in [6.07, 6.45) is 2.22. The second-order valence-electron chi connectivity index (χ2n) is 4.61. The van der Waals surface area contributed by atoms with Crippen molar-refractivity contribution in [3.8, 4) is 0 Å². The van der Waals surface area contributed by atoms with Crippen LogP contribution in [0.2, 0.25) is 0 Å². The molecule has 0 aliphatic rings. The van der Waals surface area contributed by atoms with Gasteiger partial charge >= 0.3 is 0 Å². The molecule has 0 atom stereocenters. The van der Waals surface area contributed by atoms with Gasteiger partial charge in [-0.2, -0.15) is 0 Å².